The van der Waals surface area contributed by atoms with Gasteiger partial charge in [0.25, 0.3) is 5.82 Å². The fourth-order valence-electron chi connectivity index (χ4n) is 4.41. The Morgan fingerprint density at radius 2 is 1.17 bits per heavy atom. The molecule has 30 heavy (non-hydrogen) atoms. The Morgan fingerprint density at radius 3 is 1.77 bits per heavy atom. The standard InChI is InChI=1S/C28H47N2/c1-3-5-7-9-10-11-12-13-14-15-20-24-29-25-26-30(27-21-17-16-18-22-27)28(29)23-19-8-6-4-2/h16-18,21-22,25-26H,3-15,19-20,23-24H2,1-2H3/q+1. The van der Waals surface area contributed by atoms with E-state index in [0.29, 0.717) is 0 Å². The first-order chi connectivity index (χ1) is 14.9. The lowest BCUT2D eigenvalue weighted by Crippen LogP contribution is -2.37. The Hall–Kier alpha value is -1.57. The highest BCUT2D eigenvalue weighted by Gasteiger charge is 2.18. The van der Waals surface area contributed by atoms with Crippen molar-refractivity contribution in [3.63, 3.8) is 0 Å². The van der Waals surface area contributed by atoms with Gasteiger partial charge >= 0.3 is 0 Å². The highest BCUT2D eigenvalue weighted by atomic mass is 15.1. The molecule has 0 unspecified atom stereocenters. The Bertz CT molecular complexity index is 644. The lowest BCUT2D eigenvalue weighted by atomic mass is 10.1. The predicted octanol–water partition coefficient (Wildman–Crippen LogP) is 8.20. The molecule has 0 amide bonds. The summed E-state index contributed by atoms with van der Waals surface area (Å²) in [5, 5.41) is 0. The molecular formula is C28H47N2+. The van der Waals surface area contributed by atoms with Gasteiger partial charge < -0.3 is 0 Å². The number of aryl methyl sites for hydroxylation is 1. The molecule has 0 fully saturated rings. The number of para-hydroxylation sites is 1. The number of nitrogens with zero attached hydrogens (tertiary/aromatic N) is 2. The van der Waals surface area contributed by atoms with Crippen LogP contribution >= 0.6 is 0 Å². The van der Waals surface area contributed by atoms with Gasteiger partial charge in [0.05, 0.1) is 6.54 Å². The Balaban J connectivity index is 1.73. The third-order valence-corrected chi connectivity index (χ3v) is 6.30. The summed E-state index contributed by atoms with van der Waals surface area (Å²) in [5.74, 6) is 1.48. The second-order valence-corrected chi connectivity index (χ2v) is 8.96. The zero-order chi connectivity index (χ0) is 21.3. The number of hydrogen-bond acceptors (Lipinski definition) is 0. The normalized spacial score (nSPS) is 11.3. The van der Waals surface area contributed by atoms with Gasteiger partial charge in [-0.1, -0.05) is 109 Å². The van der Waals surface area contributed by atoms with Gasteiger partial charge in [0.15, 0.2) is 0 Å². The van der Waals surface area contributed by atoms with Gasteiger partial charge in [-0.05, 0) is 31.4 Å². The fraction of sp³-hybridized carbons (Fsp3) is 0.679. The summed E-state index contributed by atoms with van der Waals surface area (Å²) in [7, 11) is 0. The predicted molar refractivity (Wildman–Crippen MR) is 130 cm³/mol. The van der Waals surface area contributed by atoms with E-state index in [1.807, 2.05) is 0 Å². The van der Waals surface area contributed by atoms with Crippen LogP contribution in [0.1, 0.15) is 116 Å². The van der Waals surface area contributed by atoms with Crippen LogP contribution < -0.4 is 4.57 Å². The SMILES string of the molecule is CCCCCCCCCCCCC[n+]1ccn(-c2ccccc2)c1CCCCCC. The van der Waals surface area contributed by atoms with E-state index in [9.17, 15) is 0 Å². The second kappa shape index (κ2) is 16.2. The average Bonchev–Trinajstić information content (AvgIpc) is 3.18. The number of rotatable bonds is 18. The Labute approximate surface area is 186 Å². The molecule has 0 radical (unpaired) electrons. The third kappa shape index (κ3) is 9.49. The molecule has 0 N–H and O–H groups in total. The quantitative estimate of drug-likeness (QED) is 0.173. The molecule has 1 heterocycles. The largest absolute Gasteiger partial charge is 0.261 e. The summed E-state index contributed by atoms with van der Waals surface area (Å²) in [6.07, 6.45) is 26.5. The lowest BCUT2D eigenvalue weighted by Gasteiger charge is -2.06. The molecule has 0 aliphatic rings. The van der Waals surface area contributed by atoms with Crippen LogP contribution in [-0.2, 0) is 13.0 Å². The molecule has 0 atom stereocenters. The zero-order valence-electron chi connectivity index (χ0n) is 20.0. The molecule has 0 spiro atoms. The first-order valence-electron chi connectivity index (χ1n) is 13.0. The molecule has 0 saturated carbocycles. The zero-order valence-corrected chi connectivity index (χ0v) is 20.0. The van der Waals surface area contributed by atoms with Crippen molar-refractivity contribution < 1.29 is 4.57 Å². The summed E-state index contributed by atoms with van der Waals surface area (Å²) in [4.78, 5) is 0. The molecule has 2 nitrogen and oxygen atoms in total. The van der Waals surface area contributed by atoms with Crippen LogP contribution in [0.25, 0.3) is 5.69 Å². The van der Waals surface area contributed by atoms with Crippen molar-refractivity contribution in [3.05, 3.63) is 48.5 Å². The summed E-state index contributed by atoms with van der Waals surface area (Å²) < 4.78 is 4.93. The van der Waals surface area contributed by atoms with E-state index in [1.165, 1.54) is 121 Å². The van der Waals surface area contributed by atoms with Crippen LogP contribution in [0.15, 0.2) is 42.7 Å². The van der Waals surface area contributed by atoms with Crippen molar-refractivity contribution in [1.29, 1.82) is 0 Å². The van der Waals surface area contributed by atoms with Gasteiger partial charge in [0, 0.05) is 6.42 Å². The van der Waals surface area contributed by atoms with Crippen molar-refractivity contribution in [2.45, 2.75) is 123 Å². The van der Waals surface area contributed by atoms with E-state index in [-0.39, 0.29) is 0 Å². The highest BCUT2D eigenvalue weighted by molar-refractivity contribution is 5.31. The smallest absolute Gasteiger partial charge is 0.234 e. The number of hydrogen-bond donors (Lipinski definition) is 0. The van der Waals surface area contributed by atoms with Crippen molar-refractivity contribution >= 4 is 0 Å². The van der Waals surface area contributed by atoms with E-state index in [0.717, 1.165) is 0 Å². The third-order valence-electron chi connectivity index (χ3n) is 6.30. The van der Waals surface area contributed by atoms with Crippen molar-refractivity contribution in [1.82, 2.24) is 4.57 Å². The topological polar surface area (TPSA) is 8.81 Å². The maximum absolute atomic E-state index is 2.52. The summed E-state index contributed by atoms with van der Waals surface area (Å²) >= 11 is 0. The van der Waals surface area contributed by atoms with Gasteiger partial charge in [-0.2, -0.15) is 4.57 Å². The molecule has 2 rings (SSSR count). The molecule has 0 bridgehead atoms. The van der Waals surface area contributed by atoms with Crippen LogP contribution in [0.4, 0.5) is 0 Å². The van der Waals surface area contributed by atoms with E-state index in [1.54, 1.807) is 0 Å². The van der Waals surface area contributed by atoms with Crippen LogP contribution in [0.2, 0.25) is 0 Å². The number of imidazole rings is 1. The fourth-order valence-corrected chi connectivity index (χ4v) is 4.41. The van der Waals surface area contributed by atoms with Crippen molar-refractivity contribution in [2.24, 2.45) is 0 Å². The number of benzene rings is 1. The molecule has 1 aromatic heterocycles. The average molecular weight is 412 g/mol. The van der Waals surface area contributed by atoms with Crippen molar-refractivity contribution in [2.75, 3.05) is 0 Å². The molecular weight excluding hydrogens is 364 g/mol. The molecule has 0 saturated heterocycles. The number of unbranched alkanes of at least 4 members (excludes halogenated alkanes) is 13. The van der Waals surface area contributed by atoms with Crippen LogP contribution in [0.3, 0.4) is 0 Å². The van der Waals surface area contributed by atoms with E-state index < -0.39 is 0 Å². The summed E-state index contributed by atoms with van der Waals surface area (Å²) in [5.41, 5.74) is 1.29. The van der Waals surface area contributed by atoms with Gasteiger partial charge in [-0.25, -0.2) is 4.57 Å². The molecule has 168 valence electrons. The van der Waals surface area contributed by atoms with Gasteiger partial charge in [0.1, 0.15) is 18.1 Å². The van der Waals surface area contributed by atoms with Gasteiger partial charge in [-0.15, -0.1) is 0 Å². The lowest BCUT2D eigenvalue weighted by molar-refractivity contribution is -0.704. The Kier molecular flexibility index (Phi) is 13.3. The van der Waals surface area contributed by atoms with Gasteiger partial charge in [-0.3, -0.25) is 0 Å². The molecule has 0 aliphatic carbocycles. The summed E-state index contributed by atoms with van der Waals surface area (Å²) in [6.45, 7) is 5.75. The highest BCUT2D eigenvalue weighted by Crippen LogP contribution is 2.14. The van der Waals surface area contributed by atoms with E-state index in [2.05, 4.69) is 65.7 Å². The maximum Gasteiger partial charge on any atom is 0.261 e. The van der Waals surface area contributed by atoms with Crippen LogP contribution in [0, 0.1) is 0 Å². The molecule has 2 aromatic rings. The first kappa shape index (κ1) is 24.7. The molecule has 2 heteroatoms. The first-order valence-corrected chi connectivity index (χ1v) is 13.0. The minimum Gasteiger partial charge on any atom is -0.234 e. The Morgan fingerprint density at radius 1 is 0.633 bits per heavy atom. The van der Waals surface area contributed by atoms with E-state index >= 15 is 0 Å². The minimum atomic E-state index is 1.17. The van der Waals surface area contributed by atoms with Gasteiger partial charge in [0.2, 0.25) is 0 Å². The monoisotopic (exact) mass is 411 g/mol. The van der Waals surface area contributed by atoms with Crippen LogP contribution in [0.5, 0.6) is 0 Å². The molecule has 1 aromatic carbocycles. The second-order valence-electron chi connectivity index (χ2n) is 8.96. The summed E-state index contributed by atoms with van der Waals surface area (Å²) in [6, 6.07) is 10.8. The maximum atomic E-state index is 2.52. The molecule has 0 aliphatic heterocycles. The minimum absolute atomic E-state index is 1.17. The van der Waals surface area contributed by atoms with Crippen molar-refractivity contribution in [3.8, 4) is 5.69 Å². The number of aromatic nitrogens is 2. The van der Waals surface area contributed by atoms with E-state index in [4.69, 9.17) is 0 Å². The van der Waals surface area contributed by atoms with Crippen LogP contribution in [-0.4, -0.2) is 4.57 Å².